The van der Waals surface area contributed by atoms with Crippen molar-refractivity contribution in [3.05, 3.63) is 75.4 Å². The minimum atomic E-state index is -0.608. The molecule has 1 unspecified atom stereocenters. The number of fused-ring (bicyclic) bond motifs is 1. The lowest BCUT2D eigenvalue weighted by Gasteiger charge is -2.28. The summed E-state index contributed by atoms with van der Waals surface area (Å²) in [6.07, 6.45) is 1.67. The van der Waals surface area contributed by atoms with E-state index in [1.165, 1.54) is 6.92 Å². The van der Waals surface area contributed by atoms with Crippen LogP contribution in [-0.4, -0.2) is 27.6 Å². The predicted octanol–water partition coefficient (Wildman–Crippen LogP) is 5.08. The first-order chi connectivity index (χ1) is 14.8. The lowest BCUT2D eigenvalue weighted by molar-refractivity contribution is -0.117. The second-order valence-electron chi connectivity index (χ2n) is 7.84. The number of nitrogens with one attached hydrogen (secondary N) is 1. The first-order valence-electron chi connectivity index (χ1n) is 9.96. The summed E-state index contributed by atoms with van der Waals surface area (Å²) in [6, 6.07) is 12.6. The Morgan fingerprint density at radius 3 is 2.45 bits per heavy atom. The summed E-state index contributed by atoms with van der Waals surface area (Å²) in [5.74, 6) is -0.302. The summed E-state index contributed by atoms with van der Waals surface area (Å²) in [6.45, 7) is 5.82. The second-order valence-corrected chi connectivity index (χ2v) is 8.72. The van der Waals surface area contributed by atoms with Gasteiger partial charge in [0, 0.05) is 34.3 Å². The fourth-order valence-electron chi connectivity index (χ4n) is 4.04. The van der Waals surface area contributed by atoms with Gasteiger partial charge in [-0.15, -0.1) is 0 Å². The summed E-state index contributed by atoms with van der Waals surface area (Å²) in [5, 5.41) is 8.67. The summed E-state index contributed by atoms with van der Waals surface area (Å²) >= 11 is 12.2. The second kappa shape index (κ2) is 8.36. The van der Waals surface area contributed by atoms with E-state index in [2.05, 4.69) is 10.4 Å². The number of rotatable bonds is 5. The standard InChI is InChI=1S/C23H22Cl2N4O2/c1-13(2)29(14(3)30)23-19(11-26-28(23)12-15-4-6-16(24)7-5-15)21-18-10-17(25)8-9-20(18)27-22(21)31/h4-11,13,21H,12H2,1-3H3,(H,27,31). The molecule has 2 aromatic carbocycles. The molecular formula is C23H22Cl2N4O2. The Morgan fingerprint density at radius 1 is 1.13 bits per heavy atom. The van der Waals surface area contributed by atoms with Gasteiger partial charge in [-0.3, -0.25) is 14.5 Å². The fourth-order valence-corrected chi connectivity index (χ4v) is 4.34. The molecule has 1 atom stereocenters. The number of hydrogen-bond donors (Lipinski definition) is 1. The molecule has 160 valence electrons. The summed E-state index contributed by atoms with van der Waals surface area (Å²) in [7, 11) is 0. The third-order valence-corrected chi connectivity index (χ3v) is 5.81. The van der Waals surface area contributed by atoms with Crippen LogP contribution in [0.15, 0.2) is 48.7 Å². The Hall–Kier alpha value is -2.83. The highest BCUT2D eigenvalue weighted by atomic mass is 35.5. The maximum atomic E-state index is 13.0. The van der Waals surface area contributed by atoms with Gasteiger partial charge in [-0.1, -0.05) is 35.3 Å². The minimum Gasteiger partial charge on any atom is -0.325 e. The zero-order valence-corrected chi connectivity index (χ0v) is 18.9. The van der Waals surface area contributed by atoms with Crippen LogP contribution >= 0.6 is 23.2 Å². The van der Waals surface area contributed by atoms with Gasteiger partial charge in [0.15, 0.2) is 0 Å². The van der Waals surface area contributed by atoms with Gasteiger partial charge in [-0.25, -0.2) is 4.68 Å². The van der Waals surface area contributed by atoms with Crippen molar-refractivity contribution >= 4 is 46.5 Å². The number of halogens is 2. The smallest absolute Gasteiger partial charge is 0.236 e. The van der Waals surface area contributed by atoms with Crippen LogP contribution in [0.25, 0.3) is 0 Å². The van der Waals surface area contributed by atoms with Crippen molar-refractivity contribution in [2.24, 2.45) is 0 Å². The van der Waals surface area contributed by atoms with E-state index in [-0.39, 0.29) is 17.9 Å². The van der Waals surface area contributed by atoms with Gasteiger partial charge in [0.1, 0.15) is 5.82 Å². The number of carbonyl (C=O) groups excluding carboxylic acids is 2. The molecule has 2 heterocycles. The molecule has 3 aromatic rings. The van der Waals surface area contributed by atoms with Gasteiger partial charge in [-0.05, 0) is 55.3 Å². The highest BCUT2D eigenvalue weighted by Gasteiger charge is 2.37. The molecule has 1 aliphatic heterocycles. The maximum absolute atomic E-state index is 13.0. The Morgan fingerprint density at radius 2 is 1.81 bits per heavy atom. The molecule has 0 saturated heterocycles. The number of anilines is 2. The van der Waals surface area contributed by atoms with Crippen LogP contribution in [-0.2, 0) is 16.1 Å². The van der Waals surface area contributed by atoms with Crippen LogP contribution in [0.4, 0.5) is 11.5 Å². The third kappa shape index (κ3) is 4.05. The van der Waals surface area contributed by atoms with E-state index < -0.39 is 5.92 Å². The zero-order valence-electron chi connectivity index (χ0n) is 17.4. The van der Waals surface area contributed by atoms with Gasteiger partial charge in [-0.2, -0.15) is 5.10 Å². The lowest BCUT2D eigenvalue weighted by Crippen LogP contribution is -2.38. The fraction of sp³-hybridized carbons (Fsp3) is 0.261. The van der Waals surface area contributed by atoms with E-state index in [0.717, 1.165) is 16.8 Å². The van der Waals surface area contributed by atoms with Crippen LogP contribution in [0, 0.1) is 0 Å². The number of nitrogens with zero attached hydrogens (tertiary/aromatic N) is 3. The van der Waals surface area contributed by atoms with Crippen LogP contribution in [0.3, 0.4) is 0 Å². The molecule has 0 spiro atoms. The van der Waals surface area contributed by atoms with Crippen LogP contribution < -0.4 is 10.2 Å². The highest BCUT2D eigenvalue weighted by molar-refractivity contribution is 6.31. The number of amides is 2. The number of hydrogen-bond acceptors (Lipinski definition) is 3. The number of benzene rings is 2. The highest BCUT2D eigenvalue weighted by Crippen LogP contribution is 2.42. The van der Waals surface area contributed by atoms with E-state index in [4.69, 9.17) is 23.2 Å². The van der Waals surface area contributed by atoms with E-state index in [0.29, 0.717) is 28.0 Å². The Kier molecular flexibility index (Phi) is 5.77. The first-order valence-corrected chi connectivity index (χ1v) is 10.7. The van der Waals surface area contributed by atoms with Crippen LogP contribution in [0.5, 0.6) is 0 Å². The molecule has 8 heteroatoms. The number of carbonyl (C=O) groups is 2. The normalized spacial score (nSPS) is 15.2. The molecule has 6 nitrogen and oxygen atoms in total. The summed E-state index contributed by atoms with van der Waals surface area (Å²) in [5.41, 5.74) is 3.13. The molecule has 0 fully saturated rings. The van der Waals surface area contributed by atoms with Crippen molar-refractivity contribution in [1.29, 1.82) is 0 Å². The van der Waals surface area contributed by atoms with Crippen molar-refractivity contribution in [2.75, 3.05) is 10.2 Å². The van der Waals surface area contributed by atoms with Crippen molar-refractivity contribution in [1.82, 2.24) is 9.78 Å². The molecule has 2 amide bonds. The van der Waals surface area contributed by atoms with Crippen LogP contribution in [0.2, 0.25) is 10.0 Å². The van der Waals surface area contributed by atoms with Gasteiger partial charge in [0.2, 0.25) is 11.8 Å². The molecule has 0 aliphatic carbocycles. The molecule has 31 heavy (non-hydrogen) atoms. The Labute approximate surface area is 190 Å². The zero-order chi connectivity index (χ0) is 22.3. The van der Waals surface area contributed by atoms with Gasteiger partial charge >= 0.3 is 0 Å². The van der Waals surface area contributed by atoms with E-state index in [1.54, 1.807) is 34.0 Å². The topological polar surface area (TPSA) is 67.2 Å². The Balaban J connectivity index is 1.86. The molecule has 1 aromatic heterocycles. The van der Waals surface area contributed by atoms with Crippen molar-refractivity contribution < 1.29 is 9.59 Å². The quantitative estimate of drug-likeness (QED) is 0.581. The largest absolute Gasteiger partial charge is 0.325 e. The average Bonchev–Trinajstić information content (AvgIpc) is 3.23. The number of aromatic nitrogens is 2. The van der Waals surface area contributed by atoms with Gasteiger partial charge in [0.25, 0.3) is 0 Å². The molecular weight excluding hydrogens is 435 g/mol. The van der Waals surface area contributed by atoms with Crippen LogP contribution in [0.1, 0.15) is 43.4 Å². The van der Waals surface area contributed by atoms with E-state index >= 15 is 0 Å². The third-order valence-electron chi connectivity index (χ3n) is 5.32. The van der Waals surface area contributed by atoms with E-state index in [1.807, 2.05) is 38.1 Å². The summed E-state index contributed by atoms with van der Waals surface area (Å²) in [4.78, 5) is 27.3. The first kappa shape index (κ1) is 21.4. The average molecular weight is 457 g/mol. The lowest BCUT2D eigenvalue weighted by atomic mass is 9.93. The van der Waals surface area contributed by atoms with E-state index in [9.17, 15) is 9.59 Å². The molecule has 0 bridgehead atoms. The molecule has 1 N–H and O–H groups in total. The summed E-state index contributed by atoms with van der Waals surface area (Å²) < 4.78 is 1.76. The SMILES string of the molecule is CC(=O)N(c1c(C2C(=O)Nc3ccc(Cl)cc32)cnn1Cc1ccc(Cl)cc1)C(C)C. The molecule has 4 rings (SSSR count). The van der Waals surface area contributed by atoms with Gasteiger partial charge < -0.3 is 5.32 Å². The van der Waals surface area contributed by atoms with Crippen molar-refractivity contribution in [2.45, 2.75) is 39.3 Å². The van der Waals surface area contributed by atoms with Crippen molar-refractivity contribution in [3.8, 4) is 0 Å². The van der Waals surface area contributed by atoms with Gasteiger partial charge in [0.05, 0.1) is 18.7 Å². The van der Waals surface area contributed by atoms with Crippen molar-refractivity contribution in [3.63, 3.8) is 0 Å². The minimum absolute atomic E-state index is 0.125. The Bertz CT molecular complexity index is 1150. The predicted molar refractivity (Wildman–Crippen MR) is 123 cm³/mol. The maximum Gasteiger partial charge on any atom is 0.236 e. The molecule has 0 radical (unpaired) electrons. The molecule has 1 aliphatic rings. The molecule has 0 saturated carbocycles. The monoisotopic (exact) mass is 456 g/mol.